The average Bonchev–Trinajstić information content (AvgIpc) is 2.36. The number of anilines is 1. The number of hydrogen-bond acceptors (Lipinski definition) is 3. The molecule has 0 aromatic heterocycles. The van der Waals surface area contributed by atoms with Crippen molar-refractivity contribution in [3.8, 4) is 0 Å². The summed E-state index contributed by atoms with van der Waals surface area (Å²) in [5, 5.41) is 9.07. The minimum atomic E-state index is -3.85. The lowest BCUT2D eigenvalue weighted by atomic mass is 10.1. The molecule has 0 aliphatic heterocycles. The Morgan fingerprint density at radius 2 is 1.68 bits per heavy atom. The number of aromatic carboxylic acids is 1. The second-order valence-electron chi connectivity index (χ2n) is 4.93. The maximum Gasteiger partial charge on any atom is 0.336 e. The van der Waals surface area contributed by atoms with Crippen LogP contribution in [0.1, 0.15) is 21.5 Å². The van der Waals surface area contributed by atoms with Gasteiger partial charge in [0.15, 0.2) is 0 Å². The van der Waals surface area contributed by atoms with Gasteiger partial charge in [0.05, 0.1) is 10.5 Å². The second kappa shape index (κ2) is 6.10. The molecule has 0 bridgehead atoms. The lowest BCUT2D eigenvalue weighted by Crippen LogP contribution is -2.14. The lowest BCUT2D eigenvalue weighted by Gasteiger charge is -2.11. The molecule has 0 saturated heterocycles. The van der Waals surface area contributed by atoms with E-state index in [1.807, 2.05) is 19.9 Å². The average molecular weight is 384 g/mol. The summed E-state index contributed by atoms with van der Waals surface area (Å²) in [6.07, 6.45) is 0. The van der Waals surface area contributed by atoms with E-state index in [4.69, 9.17) is 5.11 Å². The van der Waals surface area contributed by atoms with Crippen molar-refractivity contribution in [3.05, 3.63) is 57.6 Å². The van der Waals surface area contributed by atoms with Crippen LogP contribution in [0.3, 0.4) is 0 Å². The number of sulfonamides is 1. The molecule has 22 heavy (non-hydrogen) atoms. The SMILES string of the molecule is Cc1cc(C)cc(NS(=O)(=O)c2ccc(Br)c(C(=O)O)c2)c1. The number of rotatable bonds is 4. The molecule has 5 nitrogen and oxygen atoms in total. The van der Waals surface area contributed by atoms with Gasteiger partial charge in [0, 0.05) is 10.2 Å². The second-order valence-corrected chi connectivity index (χ2v) is 7.47. The Hall–Kier alpha value is -1.86. The largest absolute Gasteiger partial charge is 0.478 e. The van der Waals surface area contributed by atoms with E-state index in [1.54, 1.807) is 12.1 Å². The number of halogens is 1. The predicted molar refractivity (Wildman–Crippen MR) is 87.8 cm³/mol. The van der Waals surface area contributed by atoms with Gasteiger partial charge < -0.3 is 5.11 Å². The molecule has 0 saturated carbocycles. The van der Waals surface area contributed by atoms with Gasteiger partial charge in [-0.2, -0.15) is 0 Å². The fraction of sp³-hybridized carbons (Fsp3) is 0.133. The zero-order chi connectivity index (χ0) is 16.5. The number of nitrogens with one attached hydrogen (secondary N) is 1. The van der Waals surface area contributed by atoms with Crippen LogP contribution in [0.15, 0.2) is 45.8 Å². The summed E-state index contributed by atoms with van der Waals surface area (Å²) in [6, 6.07) is 9.22. The van der Waals surface area contributed by atoms with E-state index in [0.29, 0.717) is 10.2 Å². The molecule has 0 heterocycles. The summed E-state index contributed by atoms with van der Waals surface area (Å²) in [6.45, 7) is 3.74. The molecule has 2 N–H and O–H groups in total. The van der Waals surface area contributed by atoms with Gasteiger partial charge in [-0.3, -0.25) is 4.72 Å². The fourth-order valence-electron chi connectivity index (χ4n) is 2.08. The van der Waals surface area contributed by atoms with E-state index in [1.165, 1.54) is 12.1 Å². The van der Waals surface area contributed by atoms with Crippen molar-refractivity contribution in [2.45, 2.75) is 18.7 Å². The molecule has 2 aromatic carbocycles. The third-order valence-corrected chi connectivity index (χ3v) is 5.02. The summed E-state index contributed by atoms with van der Waals surface area (Å²) in [7, 11) is -3.85. The van der Waals surface area contributed by atoms with Crippen molar-refractivity contribution in [2.75, 3.05) is 4.72 Å². The van der Waals surface area contributed by atoms with Crippen LogP contribution in [0.4, 0.5) is 5.69 Å². The lowest BCUT2D eigenvalue weighted by molar-refractivity contribution is 0.0695. The maximum atomic E-state index is 12.4. The molecule has 0 spiro atoms. The topological polar surface area (TPSA) is 83.5 Å². The van der Waals surface area contributed by atoms with Crippen LogP contribution in [-0.2, 0) is 10.0 Å². The van der Waals surface area contributed by atoms with Crippen LogP contribution in [0, 0.1) is 13.8 Å². The van der Waals surface area contributed by atoms with Gasteiger partial charge in [0.1, 0.15) is 0 Å². The number of carboxylic acids is 1. The first-order valence-corrected chi connectivity index (χ1v) is 8.60. The molecule has 0 amide bonds. The van der Waals surface area contributed by atoms with E-state index in [-0.39, 0.29) is 10.5 Å². The van der Waals surface area contributed by atoms with Gasteiger partial charge in [-0.1, -0.05) is 6.07 Å². The standard InChI is InChI=1S/C15H14BrNO4S/c1-9-5-10(2)7-11(6-9)17-22(20,21)12-3-4-14(16)13(8-12)15(18)19/h3-8,17H,1-2H3,(H,18,19). The highest BCUT2D eigenvalue weighted by molar-refractivity contribution is 9.10. The van der Waals surface area contributed by atoms with Gasteiger partial charge in [-0.05, 0) is 71.2 Å². The summed E-state index contributed by atoms with van der Waals surface area (Å²) >= 11 is 3.09. The third kappa shape index (κ3) is 3.66. The minimum Gasteiger partial charge on any atom is -0.478 e. The first-order valence-electron chi connectivity index (χ1n) is 6.33. The Kier molecular flexibility index (Phi) is 4.58. The zero-order valence-corrected chi connectivity index (χ0v) is 14.3. The normalized spacial score (nSPS) is 11.2. The molecule has 0 radical (unpaired) electrons. The summed E-state index contributed by atoms with van der Waals surface area (Å²) in [5.41, 5.74) is 2.19. The number of hydrogen-bond donors (Lipinski definition) is 2. The number of carboxylic acid groups (broad SMARTS) is 1. The van der Waals surface area contributed by atoms with Gasteiger partial charge in [0.25, 0.3) is 10.0 Å². The number of carbonyl (C=O) groups is 1. The highest BCUT2D eigenvalue weighted by atomic mass is 79.9. The molecule has 116 valence electrons. The van der Waals surface area contributed by atoms with Crippen molar-refractivity contribution in [1.29, 1.82) is 0 Å². The molecule has 2 rings (SSSR count). The highest BCUT2D eigenvalue weighted by Gasteiger charge is 2.18. The van der Waals surface area contributed by atoms with Gasteiger partial charge in [-0.15, -0.1) is 0 Å². The van der Waals surface area contributed by atoms with Crippen LogP contribution in [0.25, 0.3) is 0 Å². The molecular weight excluding hydrogens is 370 g/mol. The zero-order valence-electron chi connectivity index (χ0n) is 11.9. The van der Waals surface area contributed by atoms with Gasteiger partial charge >= 0.3 is 5.97 Å². The first kappa shape index (κ1) is 16.5. The molecule has 0 atom stereocenters. The predicted octanol–water partition coefficient (Wildman–Crippen LogP) is 3.56. The van der Waals surface area contributed by atoms with Gasteiger partial charge in [0.2, 0.25) is 0 Å². The van der Waals surface area contributed by atoms with Crippen LogP contribution in [0.2, 0.25) is 0 Å². The Bertz CT molecular complexity index is 826. The van der Waals surface area contributed by atoms with Crippen LogP contribution in [0.5, 0.6) is 0 Å². The Morgan fingerprint density at radius 1 is 1.09 bits per heavy atom. The van der Waals surface area contributed by atoms with Crippen molar-refractivity contribution < 1.29 is 18.3 Å². The van der Waals surface area contributed by atoms with E-state index >= 15 is 0 Å². The molecule has 0 unspecified atom stereocenters. The fourth-order valence-corrected chi connectivity index (χ4v) is 3.57. The van der Waals surface area contributed by atoms with Gasteiger partial charge in [-0.25, -0.2) is 13.2 Å². The molecular formula is C15H14BrNO4S. The molecule has 0 fully saturated rings. The van der Waals surface area contributed by atoms with E-state index in [0.717, 1.165) is 17.2 Å². The molecule has 7 heteroatoms. The summed E-state index contributed by atoms with van der Waals surface area (Å²) in [4.78, 5) is 11.0. The van der Waals surface area contributed by atoms with E-state index in [9.17, 15) is 13.2 Å². The monoisotopic (exact) mass is 383 g/mol. The first-order chi connectivity index (χ1) is 10.2. The van der Waals surface area contributed by atoms with E-state index < -0.39 is 16.0 Å². The number of benzene rings is 2. The summed E-state index contributed by atoms with van der Waals surface area (Å²) < 4.78 is 27.6. The van der Waals surface area contributed by atoms with Crippen LogP contribution < -0.4 is 4.72 Å². The van der Waals surface area contributed by atoms with E-state index in [2.05, 4.69) is 20.7 Å². The minimum absolute atomic E-state index is 0.104. The summed E-state index contributed by atoms with van der Waals surface area (Å²) in [5.74, 6) is -1.20. The molecule has 0 aliphatic carbocycles. The third-order valence-electron chi connectivity index (χ3n) is 2.95. The van der Waals surface area contributed by atoms with Crippen LogP contribution >= 0.6 is 15.9 Å². The molecule has 2 aromatic rings. The molecule has 0 aliphatic rings. The highest BCUT2D eigenvalue weighted by Crippen LogP contribution is 2.23. The Morgan fingerprint density at radius 3 is 2.23 bits per heavy atom. The van der Waals surface area contributed by atoms with Crippen molar-refractivity contribution in [1.82, 2.24) is 0 Å². The number of aryl methyl sites for hydroxylation is 2. The van der Waals surface area contributed by atoms with Crippen molar-refractivity contribution >= 4 is 37.6 Å². The Labute approximate surface area is 137 Å². The van der Waals surface area contributed by atoms with Crippen molar-refractivity contribution in [3.63, 3.8) is 0 Å². The smallest absolute Gasteiger partial charge is 0.336 e. The quantitative estimate of drug-likeness (QED) is 0.844. The maximum absolute atomic E-state index is 12.4. The van der Waals surface area contributed by atoms with Crippen molar-refractivity contribution in [2.24, 2.45) is 0 Å². The Balaban J connectivity index is 2.42. The van der Waals surface area contributed by atoms with Crippen LogP contribution in [-0.4, -0.2) is 19.5 Å².